The molecule has 0 aromatic heterocycles. The van der Waals surface area contributed by atoms with Gasteiger partial charge in [0.1, 0.15) is 6.54 Å². The number of ether oxygens (including phenoxy) is 1. The van der Waals surface area contributed by atoms with Crippen molar-refractivity contribution in [3.63, 3.8) is 0 Å². The van der Waals surface area contributed by atoms with Crippen molar-refractivity contribution in [2.75, 3.05) is 46.9 Å². The molecule has 1 heterocycles. The van der Waals surface area contributed by atoms with Crippen LogP contribution in [0.2, 0.25) is 0 Å². The van der Waals surface area contributed by atoms with Gasteiger partial charge in [-0.3, -0.25) is 4.79 Å². The van der Waals surface area contributed by atoms with Gasteiger partial charge in [0, 0.05) is 46.2 Å². The van der Waals surface area contributed by atoms with Gasteiger partial charge < -0.3 is 25.2 Å². The summed E-state index contributed by atoms with van der Waals surface area (Å²) in [6.45, 7) is 3.40. The third-order valence-corrected chi connectivity index (χ3v) is 4.41. The van der Waals surface area contributed by atoms with Gasteiger partial charge >= 0.3 is 12.3 Å². The number of hydrogen-bond acceptors (Lipinski definition) is 4. The Morgan fingerprint density at radius 3 is 2.37 bits per heavy atom. The van der Waals surface area contributed by atoms with Crippen molar-refractivity contribution >= 4 is 41.9 Å². The fourth-order valence-corrected chi connectivity index (χ4v) is 2.71. The summed E-state index contributed by atoms with van der Waals surface area (Å²) in [5.41, 5.74) is 0. The second-order valence-electron chi connectivity index (χ2n) is 7.06. The van der Waals surface area contributed by atoms with Crippen LogP contribution in [0.25, 0.3) is 0 Å². The molecule has 30 heavy (non-hydrogen) atoms. The number of halogens is 4. The number of alkyl halides is 3. The number of hydrogen-bond donors (Lipinski definition) is 2. The monoisotopic (exact) mass is 551 g/mol. The molecule has 0 radical (unpaired) electrons. The van der Waals surface area contributed by atoms with Gasteiger partial charge in [-0.15, -0.1) is 24.0 Å². The lowest BCUT2D eigenvalue weighted by Crippen LogP contribution is -2.50. The zero-order chi connectivity index (χ0) is 21.9. The van der Waals surface area contributed by atoms with E-state index in [2.05, 4.69) is 15.6 Å². The molecule has 8 nitrogen and oxygen atoms in total. The van der Waals surface area contributed by atoms with E-state index < -0.39 is 12.6 Å². The minimum atomic E-state index is -4.15. The molecule has 2 N–H and O–H groups in total. The first-order chi connectivity index (χ1) is 13.6. The molecule has 0 unspecified atom stereocenters. The van der Waals surface area contributed by atoms with Crippen LogP contribution in [0, 0.1) is 0 Å². The van der Waals surface area contributed by atoms with Crippen LogP contribution >= 0.6 is 24.0 Å². The third kappa shape index (κ3) is 12.3. The van der Waals surface area contributed by atoms with Gasteiger partial charge in [-0.1, -0.05) is 0 Å². The molecule has 0 aromatic rings. The standard InChI is InChI=1S/C18H32F3N5O3.HI/c1-4-29-17(28)26-11-7-14(8-12-26)24-16(23-13-15(27)25(2)3)22-10-6-5-9-18(19,20)21;/h14H,4-13H2,1-3H3,(H2,22,23,24);1H. The molecule has 0 aromatic carbocycles. The summed E-state index contributed by atoms with van der Waals surface area (Å²) in [5.74, 6) is 0.210. The predicted molar refractivity (Wildman–Crippen MR) is 119 cm³/mol. The maximum Gasteiger partial charge on any atom is 0.409 e. The number of piperidine rings is 1. The summed E-state index contributed by atoms with van der Waals surface area (Å²) >= 11 is 0. The van der Waals surface area contributed by atoms with E-state index in [9.17, 15) is 22.8 Å². The molecule has 1 aliphatic rings. The highest BCUT2D eigenvalue weighted by Gasteiger charge is 2.26. The van der Waals surface area contributed by atoms with E-state index in [1.807, 2.05) is 0 Å². The Bertz CT molecular complexity index is 554. The maximum absolute atomic E-state index is 12.2. The first-order valence-corrected chi connectivity index (χ1v) is 9.85. The van der Waals surface area contributed by atoms with Crippen LogP contribution in [-0.2, 0) is 9.53 Å². The SMILES string of the molecule is CCOC(=O)N1CCC(NC(=NCC(=O)N(C)C)NCCCCC(F)(F)F)CC1.I. The summed E-state index contributed by atoms with van der Waals surface area (Å²) in [6, 6.07) is 0.0385. The fourth-order valence-electron chi connectivity index (χ4n) is 2.71. The van der Waals surface area contributed by atoms with E-state index in [0.717, 1.165) is 0 Å². The Balaban J connectivity index is 0.00000841. The number of rotatable bonds is 8. The van der Waals surface area contributed by atoms with Crippen LogP contribution in [0.3, 0.4) is 0 Å². The van der Waals surface area contributed by atoms with Crippen LogP contribution in [0.5, 0.6) is 0 Å². The maximum atomic E-state index is 12.2. The molecule has 1 aliphatic heterocycles. The van der Waals surface area contributed by atoms with E-state index in [4.69, 9.17) is 4.74 Å². The smallest absolute Gasteiger partial charge is 0.409 e. The zero-order valence-corrected chi connectivity index (χ0v) is 20.1. The Morgan fingerprint density at radius 2 is 1.83 bits per heavy atom. The van der Waals surface area contributed by atoms with Gasteiger partial charge in [-0.05, 0) is 32.6 Å². The number of amides is 2. The number of carbonyl (C=O) groups excluding carboxylic acids is 2. The molecule has 2 amide bonds. The van der Waals surface area contributed by atoms with Gasteiger partial charge in [-0.25, -0.2) is 9.79 Å². The third-order valence-electron chi connectivity index (χ3n) is 4.41. The van der Waals surface area contributed by atoms with Crippen LogP contribution < -0.4 is 10.6 Å². The molecule has 0 saturated carbocycles. The number of guanidine groups is 1. The lowest BCUT2D eigenvalue weighted by molar-refractivity contribution is -0.135. The van der Waals surface area contributed by atoms with E-state index in [1.165, 1.54) is 4.90 Å². The minimum Gasteiger partial charge on any atom is -0.450 e. The highest BCUT2D eigenvalue weighted by molar-refractivity contribution is 14.0. The number of carbonyl (C=O) groups is 2. The normalized spacial score (nSPS) is 15.3. The summed E-state index contributed by atoms with van der Waals surface area (Å²) in [6.07, 6.45) is -3.59. The molecule has 1 rings (SSSR count). The van der Waals surface area contributed by atoms with E-state index in [0.29, 0.717) is 51.5 Å². The van der Waals surface area contributed by atoms with Gasteiger partial charge in [0.2, 0.25) is 5.91 Å². The average Bonchev–Trinajstić information content (AvgIpc) is 2.65. The molecule has 176 valence electrons. The topological polar surface area (TPSA) is 86.3 Å². The number of likely N-dealkylation sites (N-methyl/N-ethyl adjacent to an activating group) is 1. The van der Waals surface area contributed by atoms with Crippen molar-refractivity contribution in [2.45, 2.75) is 51.2 Å². The lowest BCUT2D eigenvalue weighted by Gasteiger charge is -2.32. The molecule has 0 bridgehead atoms. The van der Waals surface area contributed by atoms with E-state index >= 15 is 0 Å². The van der Waals surface area contributed by atoms with Crippen molar-refractivity contribution in [2.24, 2.45) is 4.99 Å². The highest BCUT2D eigenvalue weighted by atomic mass is 127. The minimum absolute atomic E-state index is 0. The number of unbranched alkanes of at least 4 members (excludes halogenated alkanes) is 1. The molecular weight excluding hydrogens is 518 g/mol. The number of nitrogens with one attached hydrogen (secondary N) is 2. The first kappa shape index (κ1) is 28.5. The van der Waals surface area contributed by atoms with Crippen molar-refractivity contribution in [3.05, 3.63) is 0 Å². The molecule has 0 spiro atoms. The van der Waals surface area contributed by atoms with Crippen molar-refractivity contribution in [1.29, 1.82) is 0 Å². The van der Waals surface area contributed by atoms with Gasteiger partial charge in [-0.2, -0.15) is 13.2 Å². The van der Waals surface area contributed by atoms with Gasteiger partial charge in [0.05, 0.1) is 6.61 Å². The quantitative estimate of drug-likeness (QED) is 0.210. The lowest BCUT2D eigenvalue weighted by atomic mass is 10.1. The molecular formula is C18H33F3IN5O3. The zero-order valence-electron chi connectivity index (χ0n) is 17.8. The number of likely N-dealkylation sites (tertiary alicyclic amines) is 1. The van der Waals surface area contributed by atoms with Gasteiger partial charge in [0.15, 0.2) is 5.96 Å². The Morgan fingerprint density at radius 1 is 1.20 bits per heavy atom. The molecule has 1 fully saturated rings. The van der Waals surface area contributed by atoms with Crippen LogP contribution in [-0.4, -0.2) is 86.9 Å². The highest BCUT2D eigenvalue weighted by Crippen LogP contribution is 2.21. The van der Waals surface area contributed by atoms with Crippen LogP contribution in [0.15, 0.2) is 4.99 Å². The Labute approximate surface area is 193 Å². The Hall–Kier alpha value is -1.47. The molecule has 0 aliphatic carbocycles. The average molecular weight is 551 g/mol. The van der Waals surface area contributed by atoms with Crippen LogP contribution in [0.1, 0.15) is 39.0 Å². The fraction of sp³-hybridized carbons (Fsp3) is 0.833. The second kappa shape index (κ2) is 14.5. The molecule has 12 heteroatoms. The summed E-state index contributed by atoms with van der Waals surface area (Å²) in [5, 5.41) is 6.21. The van der Waals surface area contributed by atoms with Gasteiger partial charge in [0.25, 0.3) is 0 Å². The summed E-state index contributed by atoms with van der Waals surface area (Å²) in [7, 11) is 3.25. The largest absolute Gasteiger partial charge is 0.450 e. The summed E-state index contributed by atoms with van der Waals surface area (Å²) in [4.78, 5) is 30.9. The van der Waals surface area contributed by atoms with Crippen molar-refractivity contribution in [3.8, 4) is 0 Å². The van der Waals surface area contributed by atoms with Crippen molar-refractivity contribution < 1.29 is 27.5 Å². The second-order valence-corrected chi connectivity index (χ2v) is 7.06. The number of nitrogens with zero attached hydrogens (tertiary/aromatic N) is 3. The summed E-state index contributed by atoms with van der Waals surface area (Å²) < 4.78 is 41.7. The first-order valence-electron chi connectivity index (χ1n) is 9.85. The van der Waals surface area contributed by atoms with E-state index in [1.54, 1.807) is 25.9 Å². The van der Waals surface area contributed by atoms with Crippen molar-refractivity contribution in [1.82, 2.24) is 20.4 Å². The van der Waals surface area contributed by atoms with E-state index in [-0.39, 0.29) is 55.0 Å². The molecule has 0 atom stereocenters. The molecule has 1 saturated heterocycles. The number of aliphatic imine (C=N–C) groups is 1. The van der Waals surface area contributed by atoms with Crippen LogP contribution in [0.4, 0.5) is 18.0 Å². The Kier molecular flexibility index (Phi) is 13.8. The predicted octanol–water partition coefficient (Wildman–Crippen LogP) is 2.58.